The van der Waals surface area contributed by atoms with Gasteiger partial charge in [0.1, 0.15) is 0 Å². The Kier molecular flexibility index (Phi) is 2.71. The van der Waals surface area contributed by atoms with Crippen LogP contribution in [0.25, 0.3) is 0 Å². The number of ether oxygens (including phenoxy) is 2. The molecule has 0 amide bonds. The smallest absolute Gasteiger partial charge is 0.191 e. The molecule has 4 aliphatic rings. The van der Waals surface area contributed by atoms with Crippen molar-refractivity contribution in [3.05, 3.63) is 23.3 Å². The maximum atomic E-state index is 12.8. The van der Waals surface area contributed by atoms with Crippen LogP contribution in [0.2, 0.25) is 0 Å². The van der Waals surface area contributed by atoms with E-state index >= 15 is 0 Å². The Bertz CT molecular complexity index is 720. The fourth-order valence-electron chi connectivity index (χ4n) is 5.62. The molecule has 1 aromatic rings. The first-order valence-corrected chi connectivity index (χ1v) is 8.76. The van der Waals surface area contributed by atoms with Crippen LogP contribution in [0.4, 0.5) is 0 Å². The minimum atomic E-state index is -0.440. The highest BCUT2D eigenvalue weighted by molar-refractivity contribution is 6.32. The highest BCUT2D eigenvalue weighted by Gasteiger charge is 2.67. The minimum Gasteiger partial charge on any atom is -0.493 e. The lowest BCUT2D eigenvalue weighted by Gasteiger charge is -2.57. The molecule has 1 saturated carbocycles. The van der Waals surface area contributed by atoms with Crippen molar-refractivity contribution in [3.63, 3.8) is 0 Å². The van der Waals surface area contributed by atoms with Crippen molar-refractivity contribution >= 4 is 17.4 Å². The molecule has 2 heterocycles. The second kappa shape index (κ2) is 4.42. The van der Waals surface area contributed by atoms with E-state index in [0.717, 1.165) is 37.3 Å². The van der Waals surface area contributed by atoms with Gasteiger partial charge in [-0.1, -0.05) is 6.07 Å². The Balaban J connectivity index is 1.81. The molecule has 2 aliphatic carbocycles. The fourth-order valence-corrected chi connectivity index (χ4v) is 5.93. The van der Waals surface area contributed by atoms with E-state index in [0.29, 0.717) is 12.0 Å². The van der Waals surface area contributed by atoms with Crippen LogP contribution in [0.15, 0.2) is 12.1 Å². The molecule has 0 N–H and O–H groups in total. The molecule has 1 aromatic carbocycles. The molecule has 2 bridgehead atoms. The largest absolute Gasteiger partial charge is 0.493 e. The lowest BCUT2D eigenvalue weighted by Crippen LogP contribution is -2.67. The minimum absolute atomic E-state index is 0.0531. The monoisotopic (exact) mass is 333 g/mol. The van der Waals surface area contributed by atoms with E-state index in [-0.39, 0.29) is 11.2 Å². The number of alkyl halides is 1. The Morgan fingerprint density at radius 2 is 2.26 bits per heavy atom. The zero-order chi connectivity index (χ0) is 15.9. The number of piperidine rings is 1. The number of nitrogens with zero attached hydrogens (tertiary/aromatic N) is 1. The van der Waals surface area contributed by atoms with Crippen molar-refractivity contribution in [3.8, 4) is 11.5 Å². The van der Waals surface area contributed by atoms with Gasteiger partial charge in [0, 0.05) is 17.0 Å². The van der Waals surface area contributed by atoms with E-state index in [1.807, 2.05) is 6.07 Å². The fraction of sp³-hybridized carbons (Fsp3) is 0.611. The number of methoxy groups -OCH3 is 1. The van der Waals surface area contributed by atoms with Crippen molar-refractivity contribution < 1.29 is 14.3 Å². The van der Waals surface area contributed by atoms with Crippen LogP contribution >= 0.6 is 11.6 Å². The van der Waals surface area contributed by atoms with Crippen LogP contribution in [0.5, 0.6) is 11.5 Å². The zero-order valence-electron chi connectivity index (χ0n) is 13.3. The topological polar surface area (TPSA) is 38.8 Å². The second-order valence-corrected chi connectivity index (χ2v) is 7.91. The van der Waals surface area contributed by atoms with Crippen LogP contribution in [0.1, 0.15) is 24.0 Å². The molecular formula is C18H20ClNO3. The highest BCUT2D eigenvalue weighted by atomic mass is 35.5. The Labute approximate surface area is 140 Å². The van der Waals surface area contributed by atoms with Gasteiger partial charge in [0.2, 0.25) is 0 Å². The number of carbonyl (C=O) groups excluding carboxylic acids is 1. The summed E-state index contributed by atoms with van der Waals surface area (Å²) in [5.41, 5.74) is 2.36. The second-order valence-electron chi connectivity index (χ2n) is 7.38. The molecule has 1 saturated heterocycles. The predicted octanol–water partition coefficient (Wildman–Crippen LogP) is 2.15. The summed E-state index contributed by atoms with van der Waals surface area (Å²) in [5.74, 6) is 1.97. The number of likely N-dealkylation sites (tertiary alicyclic amines) is 1. The molecule has 23 heavy (non-hydrogen) atoms. The average molecular weight is 334 g/mol. The number of rotatable bonds is 1. The lowest BCUT2D eigenvalue weighted by molar-refractivity contribution is -0.137. The van der Waals surface area contributed by atoms with Gasteiger partial charge < -0.3 is 14.4 Å². The van der Waals surface area contributed by atoms with Gasteiger partial charge in [-0.15, -0.1) is 11.6 Å². The third-order valence-electron chi connectivity index (χ3n) is 6.62. The first kappa shape index (κ1) is 14.1. The van der Waals surface area contributed by atoms with E-state index in [2.05, 4.69) is 18.0 Å². The number of carbonyl (C=O) groups is 1. The number of hydrogen-bond donors (Lipinski definition) is 0. The van der Waals surface area contributed by atoms with Gasteiger partial charge in [-0.2, -0.15) is 0 Å². The first-order valence-electron chi connectivity index (χ1n) is 8.33. The molecule has 5 heteroatoms. The average Bonchev–Trinajstić information content (AvgIpc) is 2.89. The van der Waals surface area contributed by atoms with E-state index in [4.69, 9.17) is 21.1 Å². The molecule has 0 aromatic heterocycles. The van der Waals surface area contributed by atoms with Gasteiger partial charge in [-0.25, -0.2) is 0 Å². The normalized spacial score (nSPS) is 40.6. The van der Waals surface area contributed by atoms with Gasteiger partial charge in [0.25, 0.3) is 0 Å². The lowest BCUT2D eigenvalue weighted by atomic mass is 9.51. The summed E-state index contributed by atoms with van der Waals surface area (Å²) >= 11 is 6.42. The van der Waals surface area contributed by atoms with Crippen LogP contribution in [0, 0.1) is 5.92 Å². The molecule has 2 aliphatic heterocycles. The SMILES string of the molecule is COc1ccc2c3c1O[C@H]1C(=O)C(Cl)C[C@H]4[C@@H](C2)N(C)CC[C@]314. The van der Waals surface area contributed by atoms with Crippen molar-refractivity contribution in [2.75, 3.05) is 20.7 Å². The molecule has 1 spiro atoms. The van der Waals surface area contributed by atoms with Crippen molar-refractivity contribution in [2.24, 2.45) is 5.92 Å². The van der Waals surface area contributed by atoms with Crippen LogP contribution < -0.4 is 9.47 Å². The van der Waals surface area contributed by atoms with Gasteiger partial charge >= 0.3 is 0 Å². The molecular weight excluding hydrogens is 314 g/mol. The molecule has 5 rings (SSSR count). The Morgan fingerprint density at radius 1 is 1.43 bits per heavy atom. The number of halogens is 1. The molecule has 1 unspecified atom stereocenters. The number of benzene rings is 1. The summed E-state index contributed by atoms with van der Waals surface area (Å²) in [6.45, 7) is 0.997. The molecule has 4 nitrogen and oxygen atoms in total. The van der Waals surface area contributed by atoms with E-state index in [1.54, 1.807) is 7.11 Å². The zero-order valence-corrected chi connectivity index (χ0v) is 14.1. The molecule has 5 atom stereocenters. The van der Waals surface area contributed by atoms with Crippen molar-refractivity contribution in [1.29, 1.82) is 0 Å². The van der Waals surface area contributed by atoms with E-state index in [9.17, 15) is 4.79 Å². The van der Waals surface area contributed by atoms with Crippen molar-refractivity contribution in [1.82, 2.24) is 4.90 Å². The van der Waals surface area contributed by atoms with Crippen molar-refractivity contribution in [2.45, 2.75) is 42.2 Å². The van der Waals surface area contributed by atoms with E-state index < -0.39 is 11.5 Å². The third-order valence-corrected chi connectivity index (χ3v) is 7.02. The first-order chi connectivity index (χ1) is 11.1. The highest BCUT2D eigenvalue weighted by Crippen LogP contribution is 2.63. The Morgan fingerprint density at radius 3 is 3.04 bits per heavy atom. The predicted molar refractivity (Wildman–Crippen MR) is 86.6 cm³/mol. The van der Waals surface area contributed by atoms with Crippen LogP contribution in [-0.4, -0.2) is 48.9 Å². The van der Waals surface area contributed by atoms with Crippen LogP contribution in [-0.2, 0) is 16.6 Å². The van der Waals surface area contributed by atoms with Gasteiger partial charge in [0.05, 0.1) is 12.5 Å². The Hall–Kier alpha value is -1.26. The number of Topliss-reactive ketones (excluding diaryl/α,β-unsaturated/α-hetero) is 1. The quantitative estimate of drug-likeness (QED) is 0.738. The van der Waals surface area contributed by atoms with Crippen LogP contribution in [0.3, 0.4) is 0 Å². The third kappa shape index (κ3) is 1.50. The summed E-state index contributed by atoms with van der Waals surface area (Å²) in [4.78, 5) is 15.3. The molecule has 2 fully saturated rings. The summed E-state index contributed by atoms with van der Waals surface area (Å²) in [6, 6.07) is 4.57. The summed E-state index contributed by atoms with van der Waals surface area (Å²) in [5, 5.41) is -0.436. The van der Waals surface area contributed by atoms with Gasteiger partial charge in [-0.3, -0.25) is 4.79 Å². The standard InChI is InChI=1S/C18H20ClNO3/c1-20-6-5-18-10-8-11(19)15(21)17(18)23-16-13(22-2)4-3-9(14(16)18)7-12(10)20/h3-4,10-12,17H,5-8H2,1-2H3/t10-,11?,12+,17-,18-/m0/s1. The molecule has 0 radical (unpaired) electrons. The maximum absolute atomic E-state index is 12.8. The maximum Gasteiger partial charge on any atom is 0.191 e. The number of ketones is 1. The van der Waals surface area contributed by atoms with Gasteiger partial charge in [0.15, 0.2) is 23.4 Å². The number of likely N-dealkylation sites (N-methyl/N-ethyl adjacent to an activating group) is 1. The van der Waals surface area contributed by atoms with E-state index in [1.165, 1.54) is 11.1 Å². The summed E-state index contributed by atoms with van der Waals surface area (Å²) < 4.78 is 11.8. The molecule has 122 valence electrons. The summed E-state index contributed by atoms with van der Waals surface area (Å²) in [6.07, 6.45) is 2.28. The summed E-state index contributed by atoms with van der Waals surface area (Å²) in [7, 11) is 3.85. The van der Waals surface area contributed by atoms with Gasteiger partial charge in [-0.05, 0) is 50.4 Å². The number of hydrogen-bond acceptors (Lipinski definition) is 4.